The van der Waals surface area contributed by atoms with Gasteiger partial charge in [0.2, 0.25) is 0 Å². The molecule has 0 unspecified atom stereocenters. The topological polar surface area (TPSA) is 60.5 Å². The molecule has 3 rings (SSSR count). The van der Waals surface area contributed by atoms with E-state index in [2.05, 4.69) is 10.3 Å². The molecule has 3 aromatic rings. The summed E-state index contributed by atoms with van der Waals surface area (Å²) in [5.41, 5.74) is 2.96. The van der Waals surface area contributed by atoms with Crippen LogP contribution in [0.5, 0.6) is 11.5 Å². The van der Waals surface area contributed by atoms with Gasteiger partial charge in [0.15, 0.2) is 11.5 Å². The highest BCUT2D eigenvalue weighted by molar-refractivity contribution is 7.09. The highest BCUT2D eigenvalue weighted by Crippen LogP contribution is 2.31. The number of hydrogen-bond donors (Lipinski definition) is 1. The lowest BCUT2D eigenvalue weighted by molar-refractivity contribution is 0.102. The third kappa shape index (κ3) is 3.64. The number of carbonyl (C=O) groups is 1. The third-order valence-corrected chi connectivity index (χ3v) is 4.46. The van der Waals surface area contributed by atoms with Crippen molar-refractivity contribution in [1.82, 2.24) is 4.98 Å². The lowest BCUT2D eigenvalue weighted by Crippen LogP contribution is -2.13. The SMILES string of the molecule is COc1cccc(C(=O)Nc2cccc(-c3csc(C)n3)c2)c1OC. The second-order valence-corrected chi connectivity index (χ2v) is 6.39. The van der Waals surface area contributed by atoms with Gasteiger partial charge in [0.1, 0.15) is 0 Å². The summed E-state index contributed by atoms with van der Waals surface area (Å²) in [4.78, 5) is 17.1. The summed E-state index contributed by atoms with van der Waals surface area (Å²) in [5, 5.41) is 5.91. The molecule has 0 bridgehead atoms. The fraction of sp³-hybridized carbons (Fsp3) is 0.158. The van der Waals surface area contributed by atoms with Gasteiger partial charge in [0.25, 0.3) is 5.91 Å². The van der Waals surface area contributed by atoms with Gasteiger partial charge in [-0.2, -0.15) is 0 Å². The van der Waals surface area contributed by atoms with Crippen molar-refractivity contribution in [3.63, 3.8) is 0 Å². The largest absolute Gasteiger partial charge is 0.493 e. The van der Waals surface area contributed by atoms with E-state index in [1.54, 1.807) is 36.6 Å². The van der Waals surface area contributed by atoms with Gasteiger partial charge in [-0.1, -0.05) is 18.2 Å². The number of para-hydroxylation sites is 1. The summed E-state index contributed by atoms with van der Waals surface area (Å²) >= 11 is 1.60. The summed E-state index contributed by atoms with van der Waals surface area (Å²) in [7, 11) is 3.05. The first kappa shape index (κ1) is 17.0. The van der Waals surface area contributed by atoms with E-state index in [9.17, 15) is 4.79 Å². The van der Waals surface area contributed by atoms with Crippen LogP contribution in [0.3, 0.4) is 0 Å². The Hall–Kier alpha value is -2.86. The van der Waals surface area contributed by atoms with Crippen LogP contribution in [0.2, 0.25) is 0 Å². The highest BCUT2D eigenvalue weighted by atomic mass is 32.1. The molecule has 0 spiro atoms. The average Bonchev–Trinajstić information content (AvgIpc) is 3.07. The van der Waals surface area contributed by atoms with Crippen molar-refractivity contribution in [1.29, 1.82) is 0 Å². The number of nitrogens with zero attached hydrogens (tertiary/aromatic N) is 1. The van der Waals surface area contributed by atoms with E-state index >= 15 is 0 Å². The number of hydrogen-bond acceptors (Lipinski definition) is 5. The zero-order valence-electron chi connectivity index (χ0n) is 14.2. The number of amides is 1. The van der Waals surface area contributed by atoms with Gasteiger partial charge >= 0.3 is 0 Å². The van der Waals surface area contributed by atoms with E-state index in [1.165, 1.54) is 7.11 Å². The average molecular weight is 354 g/mol. The van der Waals surface area contributed by atoms with Crippen LogP contribution in [0, 0.1) is 6.92 Å². The maximum Gasteiger partial charge on any atom is 0.259 e. The fourth-order valence-corrected chi connectivity index (χ4v) is 3.14. The van der Waals surface area contributed by atoms with Gasteiger partial charge in [0, 0.05) is 16.6 Å². The number of anilines is 1. The van der Waals surface area contributed by atoms with E-state index in [0.29, 0.717) is 22.7 Å². The molecule has 0 atom stereocenters. The zero-order valence-corrected chi connectivity index (χ0v) is 15.0. The number of benzene rings is 2. The van der Waals surface area contributed by atoms with Crippen LogP contribution in [0.15, 0.2) is 47.8 Å². The number of carbonyl (C=O) groups excluding carboxylic acids is 1. The fourth-order valence-electron chi connectivity index (χ4n) is 2.52. The molecule has 0 saturated carbocycles. The quantitative estimate of drug-likeness (QED) is 0.738. The minimum atomic E-state index is -0.262. The zero-order chi connectivity index (χ0) is 17.8. The summed E-state index contributed by atoms with van der Waals surface area (Å²) in [5.74, 6) is 0.665. The van der Waals surface area contributed by atoms with Crippen molar-refractivity contribution >= 4 is 22.9 Å². The minimum Gasteiger partial charge on any atom is -0.493 e. The molecule has 6 heteroatoms. The Morgan fingerprint density at radius 1 is 1.12 bits per heavy atom. The van der Waals surface area contributed by atoms with Gasteiger partial charge in [-0.25, -0.2) is 4.98 Å². The molecule has 0 aliphatic rings. The first-order valence-corrected chi connectivity index (χ1v) is 8.55. The second-order valence-electron chi connectivity index (χ2n) is 5.33. The maximum atomic E-state index is 12.7. The standard InChI is InChI=1S/C19H18N2O3S/c1-12-20-16(11-25-12)13-6-4-7-14(10-13)21-19(22)15-8-5-9-17(23-2)18(15)24-3/h4-11H,1-3H3,(H,21,22). The molecule has 128 valence electrons. The Balaban J connectivity index is 1.87. The summed E-state index contributed by atoms with van der Waals surface area (Å²) in [6.07, 6.45) is 0. The van der Waals surface area contributed by atoms with Crippen molar-refractivity contribution in [2.75, 3.05) is 19.5 Å². The van der Waals surface area contributed by atoms with Gasteiger partial charge < -0.3 is 14.8 Å². The predicted octanol–water partition coefficient (Wildman–Crippen LogP) is 4.39. The van der Waals surface area contributed by atoms with Gasteiger partial charge in [0.05, 0.1) is 30.5 Å². The predicted molar refractivity (Wildman–Crippen MR) is 99.8 cm³/mol. The molecule has 1 amide bonds. The van der Waals surface area contributed by atoms with Crippen LogP contribution < -0.4 is 14.8 Å². The Morgan fingerprint density at radius 2 is 1.92 bits per heavy atom. The molecule has 1 heterocycles. The van der Waals surface area contributed by atoms with Gasteiger partial charge in [-0.15, -0.1) is 11.3 Å². The Labute approximate surface area is 150 Å². The van der Waals surface area contributed by atoms with Crippen molar-refractivity contribution < 1.29 is 14.3 Å². The molecular weight excluding hydrogens is 336 g/mol. The van der Waals surface area contributed by atoms with Crippen molar-refractivity contribution in [3.05, 3.63) is 58.4 Å². The molecular formula is C19H18N2O3S. The van der Waals surface area contributed by atoms with Gasteiger partial charge in [-0.05, 0) is 31.2 Å². The normalized spacial score (nSPS) is 10.4. The smallest absolute Gasteiger partial charge is 0.259 e. The van der Waals surface area contributed by atoms with Gasteiger partial charge in [-0.3, -0.25) is 4.79 Å². The van der Waals surface area contributed by atoms with E-state index < -0.39 is 0 Å². The van der Waals surface area contributed by atoms with Crippen LogP contribution in [0.4, 0.5) is 5.69 Å². The van der Waals surface area contributed by atoms with E-state index in [0.717, 1.165) is 16.3 Å². The lowest BCUT2D eigenvalue weighted by atomic mass is 10.1. The van der Waals surface area contributed by atoms with Crippen molar-refractivity contribution in [2.24, 2.45) is 0 Å². The van der Waals surface area contributed by atoms with Crippen LogP contribution in [0.1, 0.15) is 15.4 Å². The monoisotopic (exact) mass is 354 g/mol. The summed E-state index contributed by atoms with van der Waals surface area (Å²) in [6.45, 7) is 1.97. The Morgan fingerprint density at radius 3 is 2.60 bits per heavy atom. The van der Waals surface area contributed by atoms with E-state index in [-0.39, 0.29) is 5.91 Å². The molecule has 5 nitrogen and oxygen atoms in total. The number of nitrogens with one attached hydrogen (secondary N) is 1. The highest BCUT2D eigenvalue weighted by Gasteiger charge is 2.16. The molecule has 1 aromatic heterocycles. The first-order valence-electron chi connectivity index (χ1n) is 7.67. The Bertz CT molecular complexity index is 905. The van der Waals surface area contributed by atoms with Crippen LogP contribution in [-0.2, 0) is 0 Å². The second kappa shape index (κ2) is 7.36. The summed E-state index contributed by atoms with van der Waals surface area (Å²) in [6, 6.07) is 12.8. The molecule has 1 N–H and O–H groups in total. The Kier molecular flexibility index (Phi) is 5.00. The molecule has 2 aromatic carbocycles. The third-order valence-electron chi connectivity index (χ3n) is 3.68. The van der Waals surface area contributed by atoms with Crippen LogP contribution in [-0.4, -0.2) is 25.1 Å². The number of methoxy groups -OCH3 is 2. The number of ether oxygens (including phenoxy) is 2. The molecule has 0 fully saturated rings. The number of aromatic nitrogens is 1. The summed E-state index contributed by atoms with van der Waals surface area (Å²) < 4.78 is 10.6. The number of thiazole rings is 1. The molecule has 0 aliphatic carbocycles. The molecule has 0 saturated heterocycles. The van der Waals surface area contributed by atoms with E-state index in [4.69, 9.17) is 9.47 Å². The van der Waals surface area contributed by atoms with Crippen molar-refractivity contribution in [2.45, 2.75) is 6.92 Å². The number of aryl methyl sites for hydroxylation is 1. The van der Waals surface area contributed by atoms with Crippen LogP contribution >= 0.6 is 11.3 Å². The van der Waals surface area contributed by atoms with E-state index in [1.807, 2.05) is 36.6 Å². The molecule has 25 heavy (non-hydrogen) atoms. The lowest BCUT2D eigenvalue weighted by Gasteiger charge is -2.13. The maximum absolute atomic E-state index is 12.7. The minimum absolute atomic E-state index is 0.262. The first-order chi connectivity index (χ1) is 12.1. The van der Waals surface area contributed by atoms with Crippen LogP contribution in [0.25, 0.3) is 11.3 Å². The van der Waals surface area contributed by atoms with Crippen molar-refractivity contribution in [3.8, 4) is 22.8 Å². The molecule has 0 aliphatic heterocycles. The number of rotatable bonds is 5. The molecule has 0 radical (unpaired) electrons.